The highest BCUT2D eigenvalue weighted by atomic mass is 32.1. The summed E-state index contributed by atoms with van der Waals surface area (Å²) in [5.41, 5.74) is 7.34. The van der Waals surface area contributed by atoms with Gasteiger partial charge in [-0.1, -0.05) is 0 Å². The van der Waals surface area contributed by atoms with E-state index in [1.54, 1.807) is 11.3 Å². The molecule has 0 amide bonds. The molecule has 1 fully saturated rings. The van der Waals surface area contributed by atoms with Gasteiger partial charge >= 0.3 is 0 Å². The third kappa shape index (κ3) is 4.04. The molecule has 1 aromatic rings. The van der Waals surface area contributed by atoms with E-state index in [0.717, 1.165) is 31.6 Å². The van der Waals surface area contributed by atoms with Crippen LogP contribution in [0.5, 0.6) is 0 Å². The van der Waals surface area contributed by atoms with Crippen molar-refractivity contribution in [2.24, 2.45) is 5.73 Å². The zero-order valence-electron chi connectivity index (χ0n) is 11.4. The fourth-order valence-corrected chi connectivity index (χ4v) is 3.41. The summed E-state index contributed by atoms with van der Waals surface area (Å²) >= 11 is 1.78. The number of hydrogen-bond donors (Lipinski definition) is 1. The number of ether oxygens (including phenoxy) is 1. The van der Waals surface area contributed by atoms with Crippen LogP contribution in [-0.4, -0.2) is 23.7 Å². The molecule has 2 atom stereocenters. The standard InChI is InChI=1S/C14H24N2OS/c1-10-11(2)18-14(16-10)9-12(15)6-7-13-5-3-4-8-17-13/h12-13H,3-9,15H2,1-2H3. The number of rotatable bonds is 5. The highest BCUT2D eigenvalue weighted by molar-refractivity contribution is 7.11. The quantitative estimate of drug-likeness (QED) is 0.893. The zero-order valence-corrected chi connectivity index (χ0v) is 12.3. The van der Waals surface area contributed by atoms with Crippen molar-refractivity contribution in [3.8, 4) is 0 Å². The first-order valence-corrected chi connectivity index (χ1v) is 7.77. The Kier molecular flexibility index (Phi) is 5.15. The van der Waals surface area contributed by atoms with Gasteiger partial charge in [-0.25, -0.2) is 4.98 Å². The van der Waals surface area contributed by atoms with Crippen molar-refractivity contribution in [3.63, 3.8) is 0 Å². The Balaban J connectivity index is 1.72. The van der Waals surface area contributed by atoms with Crippen LogP contribution in [0.15, 0.2) is 0 Å². The molecule has 0 radical (unpaired) electrons. The smallest absolute Gasteiger partial charge is 0.0946 e. The van der Waals surface area contributed by atoms with Gasteiger partial charge in [0.1, 0.15) is 0 Å². The summed E-state index contributed by atoms with van der Waals surface area (Å²) in [6.07, 6.45) is 7.25. The molecule has 0 spiro atoms. The molecule has 18 heavy (non-hydrogen) atoms. The van der Waals surface area contributed by atoms with Crippen molar-refractivity contribution < 1.29 is 4.74 Å². The van der Waals surface area contributed by atoms with Crippen molar-refractivity contribution >= 4 is 11.3 Å². The zero-order chi connectivity index (χ0) is 13.0. The van der Waals surface area contributed by atoms with Crippen LogP contribution < -0.4 is 5.73 Å². The second-order valence-electron chi connectivity index (χ2n) is 5.28. The van der Waals surface area contributed by atoms with Gasteiger partial charge in [0.05, 0.1) is 16.8 Å². The highest BCUT2D eigenvalue weighted by Gasteiger charge is 2.16. The van der Waals surface area contributed by atoms with Crippen LogP contribution in [0.4, 0.5) is 0 Å². The van der Waals surface area contributed by atoms with E-state index in [0.29, 0.717) is 6.10 Å². The van der Waals surface area contributed by atoms with Gasteiger partial charge in [-0.2, -0.15) is 0 Å². The molecule has 0 aromatic carbocycles. The third-order valence-electron chi connectivity index (χ3n) is 3.64. The summed E-state index contributed by atoms with van der Waals surface area (Å²) in [6, 6.07) is 0.223. The second-order valence-corrected chi connectivity index (χ2v) is 6.57. The molecule has 0 bridgehead atoms. The molecule has 2 heterocycles. The molecule has 0 saturated carbocycles. The van der Waals surface area contributed by atoms with E-state index in [9.17, 15) is 0 Å². The molecule has 0 aliphatic carbocycles. The third-order valence-corrected chi connectivity index (χ3v) is 4.74. The van der Waals surface area contributed by atoms with Crippen LogP contribution in [0, 0.1) is 13.8 Å². The molecule has 2 unspecified atom stereocenters. The van der Waals surface area contributed by atoms with Crippen molar-refractivity contribution in [2.45, 2.75) is 64.5 Å². The van der Waals surface area contributed by atoms with Crippen molar-refractivity contribution in [1.29, 1.82) is 0 Å². The number of hydrogen-bond acceptors (Lipinski definition) is 4. The molecule has 2 N–H and O–H groups in total. The number of aryl methyl sites for hydroxylation is 2. The summed E-state index contributed by atoms with van der Waals surface area (Å²) in [6.45, 7) is 5.12. The number of nitrogens with two attached hydrogens (primary N) is 1. The Labute approximate surface area is 114 Å². The van der Waals surface area contributed by atoms with Crippen LogP contribution in [0.25, 0.3) is 0 Å². The molecule has 2 rings (SSSR count). The van der Waals surface area contributed by atoms with Crippen LogP contribution in [0.3, 0.4) is 0 Å². The monoisotopic (exact) mass is 268 g/mol. The van der Waals surface area contributed by atoms with Gasteiger partial charge < -0.3 is 10.5 Å². The van der Waals surface area contributed by atoms with E-state index in [2.05, 4.69) is 18.8 Å². The van der Waals surface area contributed by atoms with E-state index < -0.39 is 0 Å². The normalized spacial score (nSPS) is 22.1. The Morgan fingerprint density at radius 2 is 2.28 bits per heavy atom. The summed E-state index contributed by atoms with van der Waals surface area (Å²) < 4.78 is 5.73. The van der Waals surface area contributed by atoms with Gasteiger partial charge in [0.2, 0.25) is 0 Å². The minimum Gasteiger partial charge on any atom is -0.378 e. The van der Waals surface area contributed by atoms with Crippen LogP contribution >= 0.6 is 11.3 Å². The van der Waals surface area contributed by atoms with Gasteiger partial charge in [-0.05, 0) is 46.0 Å². The number of thiazole rings is 1. The lowest BCUT2D eigenvalue weighted by atomic mass is 10.0. The largest absolute Gasteiger partial charge is 0.378 e. The van der Waals surface area contributed by atoms with Crippen LogP contribution in [0.2, 0.25) is 0 Å². The summed E-state index contributed by atoms with van der Waals surface area (Å²) in [5.74, 6) is 0. The topological polar surface area (TPSA) is 48.1 Å². The second kappa shape index (κ2) is 6.64. The molecular formula is C14H24N2OS. The molecule has 4 heteroatoms. The lowest BCUT2D eigenvalue weighted by molar-refractivity contribution is 0.00915. The van der Waals surface area contributed by atoms with E-state index in [1.165, 1.54) is 29.1 Å². The maximum absolute atomic E-state index is 6.19. The van der Waals surface area contributed by atoms with Gasteiger partial charge in [0, 0.05) is 23.9 Å². The number of nitrogens with zero attached hydrogens (tertiary/aromatic N) is 1. The first-order chi connectivity index (χ1) is 8.65. The molecule has 1 aromatic heterocycles. The average Bonchev–Trinajstić information content (AvgIpc) is 2.67. The molecular weight excluding hydrogens is 244 g/mol. The maximum atomic E-state index is 6.19. The van der Waals surface area contributed by atoms with Crippen molar-refractivity contribution in [2.75, 3.05) is 6.61 Å². The fraction of sp³-hybridized carbons (Fsp3) is 0.786. The van der Waals surface area contributed by atoms with Crippen molar-refractivity contribution in [3.05, 3.63) is 15.6 Å². The predicted molar refractivity (Wildman–Crippen MR) is 76.1 cm³/mol. The molecule has 1 aliphatic heterocycles. The summed E-state index contributed by atoms with van der Waals surface area (Å²) in [7, 11) is 0. The molecule has 3 nitrogen and oxygen atoms in total. The molecule has 102 valence electrons. The van der Waals surface area contributed by atoms with Gasteiger partial charge in [-0.3, -0.25) is 0 Å². The SMILES string of the molecule is Cc1nc(CC(N)CCC2CCCCO2)sc1C. The van der Waals surface area contributed by atoms with E-state index >= 15 is 0 Å². The van der Waals surface area contributed by atoms with Crippen LogP contribution in [-0.2, 0) is 11.2 Å². The lowest BCUT2D eigenvalue weighted by Crippen LogP contribution is -2.27. The first kappa shape index (κ1) is 14.0. The van der Waals surface area contributed by atoms with E-state index in [-0.39, 0.29) is 6.04 Å². The Morgan fingerprint density at radius 3 is 2.89 bits per heavy atom. The highest BCUT2D eigenvalue weighted by Crippen LogP contribution is 2.21. The van der Waals surface area contributed by atoms with Crippen molar-refractivity contribution in [1.82, 2.24) is 4.98 Å². The average molecular weight is 268 g/mol. The van der Waals surface area contributed by atoms with Crippen LogP contribution in [0.1, 0.15) is 47.7 Å². The predicted octanol–water partition coefficient (Wildman–Crippen LogP) is 2.98. The molecule has 1 saturated heterocycles. The Morgan fingerprint density at radius 1 is 1.44 bits per heavy atom. The minimum atomic E-state index is 0.223. The summed E-state index contributed by atoms with van der Waals surface area (Å²) in [5, 5.41) is 1.18. The van der Waals surface area contributed by atoms with E-state index in [4.69, 9.17) is 10.5 Å². The Bertz CT molecular complexity index is 352. The Hall–Kier alpha value is -0.450. The van der Waals surface area contributed by atoms with Gasteiger partial charge in [-0.15, -0.1) is 11.3 Å². The fourth-order valence-electron chi connectivity index (χ4n) is 2.39. The lowest BCUT2D eigenvalue weighted by Gasteiger charge is -2.23. The summed E-state index contributed by atoms with van der Waals surface area (Å²) in [4.78, 5) is 5.87. The van der Waals surface area contributed by atoms with Gasteiger partial charge in [0.25, 0.3) is 0 Å². The minimum absolute atomic E-state index is 0.223. The van der Waals surface area contributed by atoms with E-state index in [1.807, 2.05) is 0 Å². The molecule has 1 aliphatic rings. The van der Waals surface area contributed by atoms with Gasteiger partial charge in [0.15, 0.2) is 0 Å². The number of aromatic nitrogens is 1. The first-order valence-electron chi connectivity index (χ1n) is 6.95. The maximum Gasteiger partial charge on any atom is 0.0946 e.